The second kappa shape index (κ2) is 19.9. The van der Waals surface area contributed by atoms with Crippen molar-refractivity contribution in [2.75, 3.05) is 26.4 Å². The van der Waals surface area contributed by atoms with Crippen LogP contribution in [-0.2, 0) is 4.74 Å². The highest BCUT2D eigenvalue weighted by Crippen LogP contribution is 2.20. The number of nitrogens with zero attached hydrogens (tertiary/aromatic N) is 2. The number of allylic oxidation sites excluding steroid dienone is 1. The molecule has 0 aliphatic rings. The first-order valence-corrected chi connectivity index (χ1v) is 13.7. The Bertz CT molecular complexity index is 775. The average Bonchev–Trinajstić information content (AvgIpc) is 2.89. The summed E-state index contributed by atoms with van der Waals surface area (Å²) in [5, 5.41) is 0. The topological polar surface area (TPSA) is 53.5 Å². The molecular weight excluding hydrogens is 436 g/mol. The zero-order chi connectivity index (χ0) is 24.8. The maximum Gasteiger partial charge on any atom is 0.159 e. The van der Waals surface area contributed by atoms with Gasteiger partial charge in [-0.15, -0.1) is 0 Å². The van der Waals surface area contributed by atoms with Gasteiger partial charge < -0.3 is 14.2 Å². The Morgan fingerprint density at radius 1 is 0.629 bits per heavy atom. The van der Waals surface area contributed by atoms with E-state index in [1.54, 1.807) is 12.4 Å². The predicted octanol–water partition coefficient (Wildman–Crippen LogP) is 8.20. The van der Waals surface area contributed by atoms with Crippen LogP contribution in [0.2, 0.25) is 0 Å². The normalized spacial score (nSPS) is 11.3. The lowest BCUT2D eigenvalue weighted by molar-refractivity contribution is 0.123. The van der Waals surface area contributed by atoms with E-state index >= 15 is 0 Å². The van der Waals surface area contributed by atoms with Crippen molar-refractivity contribution in [2.24, 2.45) is 0 Å². The maximum absolute atomic E-state index is 5.82. The third kappa shape index (κ3) is 13.9. The molecule has 0 saturated heterocycles. The van der Waals surface area contributed by atoms with Crippen molar-refractivity contribution in [3.05, 3.63) is 48.8 Å². The quantitative estimate of drug-likeness (QED) is 0.133. The van der Waals surface area contributed by atoms with Crippen LogP contribution in [0.4, 0.5) is 0 Å². The van der Waals surface area contributed by atoms with Gasteiger partial charge in [-0.3, -0.25) is 0 Å². The summed E-state index contributed by atoms with van der Waals surface area (Å²) in [7, 11) is 0. The molecule has 1 aromatic heterocycles. The van der Waals surface area contributed by atoms with E-state index < -0.39 is 0 Å². The highest BCUT2D eigenvalue weighted by Gasteiger charge is 2.03. The summed E-state index contributed by atoms with van der Waals surface area (Å²) in [6.07, 6.45) is 22.7. The fraction of sp³-hybridized carbons (Fsp3) is 0.600. The molecule has 0 N–H and O–H groups in total. The monoisotopic (exact) mass is 482 g/mol. The Hall–Kier alpha value is -2.40. The van der Waals surface area contributed by atoms with Gasteiger partial charge in [0.05, 0.1) is 19.0 Å². The van der Waals surface area contributed by atoms with Crippen LogP contribution >= 0.6 is 0 Å². The Labute approximate surface area is 213 Å². The van der Waals surface area contributed by atoms with Crippen molar-refractivity contribution in [1.82, 2.24) is 9.97 Å². The van der Waals surface area contributed by atoms with E-state index in [4.69, 9.17) is 14.2 Å². The lowest BCUT2D eigenvalue weighted by Crippen LogP contribution is -2.02. The van der Waals surface area contributed by atoms with Crippen LogP contribution in [0.3, 0.4) is 0 Å². The van der Waals surface area contributed by atoms with Crippen molar-refractivity contribution >= 4 is 0 Å². The first-order chi connectivity index (χ1) is 17.3. The average molecular weight is 483 g/mol. The van der Waals surface area contributed by atoms with Gasteiger partial charge in [0, 0.05) is 18.8 Å². The lowest BCUT2D eigenvalue weighted by atomic mass is 10.1. The molecule has 0 aliphatic carbocycles. The van der Waals surface area contributed by atoms with E-state index in [-0.39, 0.29) is 0 Å². The minimum atomic E-state index is 0.600. The Morgan fingerprint density at radius 3 is 2.03 bits per heavy atom. The van der Waals surface area contributed by atoms with Crippen LogP contribution in [0.5, 0.6) is 11.5 Å². The molecule has 194 valence electrons. The van der Waals surface area contributed by atoms with E-state index in [0.29, 0.717) is 24.8 Å². The SMILES string of the molecule is CCCCCCCCCC=CCOc1ccc(-c2ncc(OCCCCOCCCC)cn2)cc1. The minimum absolute atomic E-state index is 0.600. The molecule has 2 aromatic rings. The summed E-state index contributed by atoms with van der Waals surface area (Å²) < 4.78 is 17.1. The second-order valence-electron chi connectivity index (χ2n) is 8.98. The van der Waals surface area contributed by atoms with E-state index in [0.717, 1.165) is 50.2 Å². The number of hydrogen-bond acceptors (Lipinski definition) is 5. The molecule has 5 nitrogen and oxygen atoms in total. The van der Waals surface area contributed by atoms with Gasteiger partial charge in [0.2, 0.25) is 0 Å². The van der Waals surface area contributed by atoms with Crippen LogP contribution in [0.25, 0.3) is 11.4 Å². The molecule has 1 heterocycles. The van der Waals surface area contributed by atoms with Crippen molar-refractivity contribution < 1.29 is 14.2 Å². The molecule has 1 aromatic carbocycles. The number of benzene rings is 1. The number of aromatic nitrogens is 2. The van der Waals surface area contributed by atoms with Crippen molar-refractivity contribution in [3.8, 4) is 22.9 Å². The Kier molecular flexibility index (Phi) is 16.4. The molecule has 2 rings (SSSR count). The summed E-state index contributed by atoms with van der Waals surface area (Å²) in [6.45, 7) is 7.35. The first-order valence-electron chi connectivity index (χ1n) is 13.7. The van der Waals surface area contributed by atoms with E-state index in [9.17, 15) is 0 Å². The fourth-order valence-corrected chi connectivity index (χ4v) is 3.63. The number of hydrogen-bond donors (Lipinski definition) is 0. The van der Waals surface area contributed by atoms with Crippen LogP contribution in [-0.4, -0.2) is 36.4 Å². The summed E-state index contributed by atoms with van der Waals surface area (Å²) in [4.78, 5) is 8.89. The molecule has 0 aliphatic heterocycles. The highest BCUT2D eigenvalue weighted by molar-refractivity contribution is 5.56. The van der Waals surface area contributed by atoms with Gasteiger partial charge in [0.25, 0.3) is 0 Å². The molecule has 0 bridgehead atoms. The summed E-state index contributed by atoms with van der Waals surface area (Å²) in [5.41, 5.74) is 0.961. The largest absolute Gasteiger partial charge is 0.490 e. The molecule has 0 fully saturated rings. The van der Waals surface area contributed by atoms with E-state index in [1.165, 1.54) is 51.4 Å². The van der Waals surface area contributed by atoms with Gasteiger partial charge in [0.1, 0.15) is 12.4 Å². The number of ether oxygens (including phenoxy) is 3. The molecular formula is C30H46N2O3. The Morgan fingerprint density at radius 2 is 1.29 bits per heavy atom. The summed E-state index contributed by atoms with van der Waals surface area (Å²) >= 11 is 0. The molecule has 0 radical (unpaired) electrons. The van der Waals surface area contributed by atoms with E-state index in [1.807, 2.05) is 24.3 Å². The zero-order valence-electron chi connectivity index (χ0n) is 22.1. The van der Waals surface area contributed by atoms with Crippen LogP contribution in [0.1, 0.15) is 90.9 Å². The molecule has 0 atom stereocenters. The zero-order valence-corrected chi connectivity index (χ0v) is 22.1. The summed E-state index contributed by atoms with van der Waals surface area (Å²) in [5.74, 6) is 2.24. The fourth-order valence-electron chi connectivity index (χ4n) is 3.63. The number of unbranched alkanes of at least 4 members (excludes halogenated alkanes) is 9. The van der Waals surface area contributed by atoms with Crippen molar-refractivity contribution in [3.63, 3.8) is 0 Å². The van der Waals surface area contributed by atoms with Gasteiger partial charge in [0.15, 0.2) is 11.6 Å². The molecule has 0 spiro atoms. The second-order valence-corrected chi connectivity index (χ2v) is 8.98. The van der Waals surface area contributed by atoms with Crippen LogP contribution in [0, 0.1) is 0 Å². The smallest absolute Gasteiger partial charge is 0.159 e. The molecule has 0 amide bonds. The van der Waals surface area contributed by atoms with Gasteiger partial charge in [-0.2, -0.15) is 0 Å². The molecule has 0 unspecified atom stereocenters. The number of rotatable bonds is 21. The van der Waals surface area contributed by atoms with E-state index in [2.05, 4.69) is 36.0 Å². The van der Waals surface area contributed by atoms with Gasteiger partial charge in [-0.1, -0.05) is 70.9 Å². The minimum Gasteiger partial charge on any atom is -0.490 e. The standard InChI is InChI=1S/C30H46N2O3/c1-3-5-7-8-9-10-11-12-13-14-23-34-28-19-17-27(18-20-28)30-31-25-29(26-32-30)35-24-16-15-22-33-21-6-4-2/h13-14,17-20,25-26H,3-12,15-16,21-24H2,1-2H3. The van der Waals surface area contributed by atoms with Gasteiger partial charge in [-0.05, 0) is 56.4 Å². The van der Waals surface area contributed by atoms with Gasteiger partial charge in [-0.25, -0.2) is 9.97 Å². The van der Waals surface area contributed by atoms with Crippen LogP contribution in [0.15, 0.2) is 48.8 Å². The molecule has 35 heavy (non-hydrogen) atoms. The molecule has 5 heteroatoms. The van der Waals surface area contributed by atoms with Gasteiger partial charge >= 0.3 is 0 Å². The first kappa shape index (κ1) is 28.8. The molecule has 0 saturated carbocycles. The van der Waals surface area contributed by atoms with Crippen molar-refractivity contribution in [1.29, 1.82) is 0 Å². The Balaban J connectivity index is 1.58. The van der Waals surface area contributed by atoms with Crippen LogP contribution < -0.4 is 9.47 Å². The lowest BCUT2D eigenvalue weighted by Gasteiger charge is -2.07. The van der Waals surface area contributed by atoms with Crippen molar-refractivity contribution in [2.45, 2.75) is 90.9 Å². The third-order valence-electron chi connectivity index (χ3n) is 5.82. The predicted molar refractivity (Wildman–Crippen MR) is 145 cm³/mol. The highest BCUT2D eigenvalue weighted by atomic mass is 16.5. The maximum atomic E-state index is 5.82. The third-order valence-corrected chi connectivity index (χ3v) is 5.82. The summed E-state index contributed by atoms with van der Waals surface area (Å²) in [6, 6.07) is 7.92.